The van der Waals surface area contributed by atoms with Crippen molar-refractivity contribution in [2.75, 3.05) is 20.8 Å². The van der Waals surface area contributed by atoms with Crippen LogP contribution in [0.3, 0.4) is 0 Å². The van der Waals surface area contributed by atoms with Gasteiger partial charge >= 0.3 is 17.9 Å². The summed E-state index contributed by atoms with van der Waals surface area (Å²) in [5.41, 5.74) is -0.584. The molecular weight excluding hydrogens is 266 g/mol. The summed E-state index contributed by atoms with van der Waals surface area (Å²) in [4.78, 5) is 34.0. The van der Waals surface area contributed by atoms with Crippen LogP contribution < -0.4 is 5.32 Å². The summed E-state index contributed by atoms with van der Waals surface area (Å²) in [5, 5.41) is 2.80. The van der Waals surface area contributed by atoms with E-state index >= 15 is 0 Å². The van der Waals surface area contributed by atoms with E-state index in [0.717, 1.165) is 0 Å². The van der Waals surface area contributed by atoms with Gasteiger partial charge in [0.1, 0.15) is 5.60 Å². The normalized spacial score (nSPS) is 11.1. The van der Waals surface area contributed by atoms with Crippen molar-refractivity contribution in [3.05, 3.63) is 0 Å². The van der Waals surface area contributed by atoms with Crippen molar-refractivity contribution in [1.82, 2.24) is 5.32 Å². The topological polar surface area (TPSA) is 90.9 Å². The first-order valence-corrected chi connectivity index (χ1v) is 6.26. The SMILES string of the molecule is COC(=O)CC(CC(=O)OC)NCC(=O)OC(C)(C)C. The maximum Gasteiger partial charge on any atom is 0.320 e. The Morgan fingerprint density at radius 2 is 1.40 bits per heavy atom. The number of hydrogen-bond donors (Lipinski definition) is 1. The van der Waals surface area contributed by atoms with E-state index in [0.29, 0.717) is 0 Å². The summed E-state index contributed by atoms with van der Waals surface area (Å²) < 4.78 is 14.2. The summed E-state index contributed by atoms with van der Waals surface area (Å²) in [5.74, 6) is -1.41. The molecule has 0 heterocycles. The molecule has 0 aliphatic carbocycles. The highest BCUT2D eigenvalue weighted by Crippen LogP contribution is 2.07. The van der Waals surface area contributed by atoms with Gasteiger partial charge in [-0.3, -0.25) is 14.4 Å². The highest BCUT2D eigenvalue weighted by atomic mass is 16.6. The Morgan fingerprint density at radius 1 is 0.950 bits per heavy atom. The first-order valence-electron chi connectivity index (χ1n) is 6.26. The number of methoxy groups -OCH3 is 2. The van der Waals surface area contributed by atoms with E-state index in [4.69, 9.17) is 4.74 Å². The van der Waals surface area contributed by atoms with Gasteiger partial charge in [-0.2, -0.15) is 0 Å². The van der Waals surface area contributed by atoms with Gasteiger partial charge < -0.3 is 19.5 Å². The fraction of sp³-hybridized carbons (Fsp3) is 0.769. The van der Waals surface area contributed by atoms with Crippen molar-refractivity contribution in [1.29, 1.82) is 0 Å². The molecule has 0 atom stereocenters. The molecule has 0 aliphatic heterocycles. The average Bonchev–Trinajstić information content (AvgIpc) is 2.33. The molecule has 116 valence electrons. The van der Waals surface area contributed by atoms with Crippen LogP contribution >= 0.6 is 0 Å². The standard InChI is InChI=1S/C13H23NO6/c1-13(2,3)20-12(17)8-14-9(6-10(15)18-4)7-11(16)19-5/h9,14H,6-8H2,1-5H3. The Balaban J connectivity index is 4.38. The predicted molar refractivity (Wildman–Crippen MR) is 70.9 cm³/mol. The molecule has 0 aromatic rings. The molecule has 0 fully saturated rings. The molecule has 20 heavy (non-hydrogen) atoms. The molecular formula is C13H23NO6. The first-order chi connectivity index (χ1) is 9.17. The Labute approximate surface area is 118 Å². The lowest BCUT2D eigenvalue weighted by Crippen LogP contribution is -2.39. The molecule has 7 nitrogen and oxygen atoms in total. The minimum absolute atomic E-state index is 0.0333. The van der Waals surface area contributed by atoms with Gasteiger partial charge in [-0.05, 0) is 20.8 Å². The number of nitrogens with one attached hydrogen (secondary N) is 1. The van der Waals surface area contributed by atoms with Crippen molar-refractivity contribution in [3.8, 4) is 0 Å². The summed E-state index contributed by atoms with van der Waals surface area (Å²) in [6.07, 6.45) is -0.0667. The van der Waals surface area contributed by atoms with Crippen LogP contribution in [0.25, 0.3) is 0 Å². The molecule has 7 heteroatoms. The second kappa shape index (κ2) is 8.52. The molecule has 0 aliphatic rings. The highest BCUT2D eigenvalue weighted by molar-refractivity contribution is 5.75. The summed E-state index contributed by atoms with van der Waals surface area (Å²) in [6, 6.07) is -0.539. The molecule has 0 aromatic carbocycles. The number of carbonyl (C=O) groups is 3. The zero-order chi connectivity index (χ0) is 15.8. The zero-order valence-corrected chi connectivity index (χ0v) is 12.6. The van der Waals surface area contributed by atoms with E-state index < -0.39 is 29.6 Å². The molecule has 0 bridgehead atoms. The van der Waals surface area contributed by atoms with Crippen LogP contribution in [-0.2, 0) is 28.6 Å². The molecule has 0 saturated carbocycles. The minimum atomic E-state index is -0.584. The van der Waals surface area contributed by atoms with Crippen molar-refractivity contribution in [2.24, 2.45) is 0 Å². The number of rotatable bonds is 7. The van der Waals surface area contributed by atoms with Crippen LogP contribution in [0.1, 0.15) is 33.6 Å². The summed E-state index contributed by atoms with van der Waals surface area (Å²) in [7, 11) is 2.51. The van der Waals surface area contributed by atoms with Gasteiger partial charge in [0.2, 0.25) is 0 Å². The monoisotopic (exact) mass is 289 g/mol. The van der Waals surface area contributed by atoms with Gasteiger partial charge in [0, 0.05) is 6.04 Å². The second-order valence-electron chi connectivity index (χ2n) is 5.22. The summed E-state index contributed by atoms with van der Waals surface area (Å²) >= 11 is 0. The van der Waals surface area contributed by atoms with Gasteiger partial charge in [-0.25, -0.2) is 0 Å². The molecule has 0 spiro atoms. The van der Waals surface area contributed by atoms with Crippen molar-refractivity contribution in [3.63, 3.8) is 0 Å². The van der Waals surface area contributed by atoms with Gasteiger partial charge in [0.25, 0.3) is 0 Å². The van der Waals surface area contributed by atoms with Crippen LogP contribution in [0, 0.1) is 0 Å². The number of hydrogen-bond acceptors (Lipinski definition) is 7. The van der Waals surface area contributed by atoms with Crippen LogP contribution in [0.2, 0.25) is 0 Å². The van der Waals surface area contributed by atoms with Crippen molar-refractivity contribution in [2.45, 2.75) is 45.3 Å². The Kier molecular flexibility index (Phi) is 7.83. The first kappa shape index (κ1) is 18.4. The fourth-order valence-electron chi connectivity index (χ4n) is 1.39. The van der Waals surface area contributed by atoms with Crippen LogP contribution in [0.5, 0.6) is 0 Å². The Hall–Kier alpha value is -1.63. The average molecular weight is 289 g/mol. The number of ether oxygens (including phenoxy) is 3. The van der Waals surface area contributed by atoms with E-state index in [1.165, 1.54) is 14.2 Å². The lowest BCUT2D eigenvalue weighted by atomic mass is 10.1. The second-order valence-corrected chi connectivity index (χ2v) is 5.22. The maximum absolute atomic E-state index is 11.6. The molecule has 0 unspecified atom stereocenters. The van der Waals surface area contributed by atoms with Crippen LogP contribution in [-0.4, -0.2) is 50.3 Å². The predicted octanol–water partition coefficient (Wildman–Crippen LogP) is 0.413. The molecule has 0 amide bonds. The van der Waals surface area contributed by atoms with E-state index in [2.05, 4.69) is 14.8 Å². The van der Waals surface area contributed by atoms with E-state index in [1.54, 1.807) is 20.8 Å². The lowest BCUT2D eigenvalue weighted by molar-refractivity contribution is -0.154. The third kappa shape index (κ3) is 9.32. The van der Waals surface area contributed by atoms with Gasteiger partial charge in [-0.1, -0.05) is 0 Å². The molecule has 0 radical (unpaired) electrons. The Morgan fingerprint density at radius 3 is 1.75 bits per heavy atom. The number of esters is 3. The fourth-order valence-corrected chi connectivity index (χ4v) is 1.39. The van der Waals surface area contributed by atoms with E-state index in [-0.39, 0.29) is 19.4 Å². The van der Waals surface area contributed by atoms with Gasteiger partial charge in [-0.15, -0.1) is 0 Å². The van der Waals surface area contributed by atoms with Crippen LogP contribution in [0.4, 0.5) is 0 Å². The Bertz CT molecular complexity index is 329. The molecule has 0 saturated heterocycles. The van der Waals surface area contributed by atoms with Crippen molar-refractivity contribution >= 4 is 17.9 Å². The van der Waals surface area contributed by atoms with E-state index in [1.807, 2.05) is 0 Å². The molecule has 0 aromatic heterocycles. The zero-order valence-electron chi connectivity index (χ0n) is 12.6. The minimum Gasteiger partial charge on any atom is -0.469 e. The quantitative estimate of drug-likeness (QED) is 0.536. The smallest absolute Gasteiger partial charge is 0.320 e. The van der Waals surface area contributed by atoms with Gasteiger partial charge in [0.15, 0.2) is 0 Å². The van der Waals surface area contributed by atoms with Crippen LogP contribution in [0.15, 0.2) is 0 Å². The highest BCUT2D eigenvalue weighted by Gasteiger charge is 2.21. The summed E-state index contributed by atoms with van der Waals surface area (Å²) in [6.45, 7) is 5.16. The van der Waals surface area contributed by atoms with E-state index in [9.17, 15) is 14.4 Å². The molecule has 1 N–H and O–H groups in total. The largest absolute Gasteiger partial charge is 0.469 e. The third-order valence-corrected chi connectivity index (χ3v) is 2.24. The lowest BCUT2D eigenvalue weighted by Gasteiger charge is -2.21. The molecule has 0 rings (SSSR count). The van der Waals surface area contributed by atoms with Crippen molar-refractivity contribution < 1.29 is 28.6 Å². The maximum atomic E-state index is 11.6. The third-order valence-electron chi connectivity index (χ3n) is 2.24. The van der Waals surface area contributed by atoms with Gasteiger partial charge in [0.05, 0.1) is 33.6 Å². The number of carbonyl (C=O) groups excluding carboxylic acids is 3.